The van der Waals surface area contributed by atoms with E-state index < -0.39 is 59.7 Å². The Kier molecular flexibility index (Phi) is 10.8. The molecule has 14 heteroatoms. The quantitative estimate of drug-likeness (QED) is 0.129. The van der Waals surface area contributed by atoms with Crippen LogP contribution in [-0.2, 0) is 35.2 Å². The number of para-hydroxylation sites is 1. The van der Waals surface area contributed by atoms with Crippen molar-refractivity contribution < 1.29 is 33.9 Å². The van der Waals surface area contributed by atoms with Gasteiger partial charge < -0.3 is 43.2 Å². The highest BCUT2D eigenvalue weighted by atomic mass is 16.4. The Morgan fingerprint density at radius 3 is 2.11 bits per heavy atom. The molecule has 0 aliphatic rings. The molecule has 0 fully saturated rings. The number of benzene rings is 1. The maximum atomic E-state index is 13.0. The minimum Gasteiger partial charge on any atom is -0.480 e. The van der Waals surface area contributed by atoms with Crippen molar-refractivity contribution >= 4 is 46.4 Å². The van der Waals surface area contributed by atoms with Crippen molar-refractivity contribution in [2.75, 3.05) is 0 Å². The number of primary amides is 2. The molecule has 38 heavy (non-hydrogen) atoms. The van der Waals surface area contributed by atoms with Gasteiger partial charge >= 0.3 is 5.97 Å². The average molecular weight is 532 g/mol. The van der Waals surface area contributed by atoms with Crippen LogP contribution in [-0.4, -0.2) is 69.8 Å². The molecule has 0 aliphatic heterocycles. The fourth-order valence-electron chi connectivity index (χ4n) is 3.66. The summed E-state index contributed by atoms with van der Waals surface area (Å²) in [6.07, 6.45) is 0.997. The molecule has 4 unspecified atom stereocenters. The van der Waals surface area contributed by atoms with E-state index in [-0.39, 0.29) is 32.1 Å². The lowest BCUT2D eigenvalue weighted by molar-refractivity contribution is -0.142. The smallest absolute Gasteiger partial charge is 0.326 e. The number of H-pyrrole nitrogens is 1. The number of hydrogen-bond donors (Lipinski definition) is 8. The van der Waals surface area contributed by atoms with E-state index in [1.165, 1.54) is 6.92 Å². The number of nitrogens with one attached hydrogen (secondary N) is 4. The first-order valence-electron chi connectivity index (χ1n) is 11.9. The Morgan fingerprint density at radius 2 is 1.47 bits per heavy atom. The van der Waals surface area contributed by atoms with E-state index in [4.69, 9.17) is 17.2 Å². The van der Waals surface area contributed by atoms with Gasteiger partial charge in [-0.15, -0.1) is 0 Å². The molecule has 1 aromatic heterocycles. The average Bonchev–Trinajstić information content (AvgIpc) is 3.26. The zero-order chi connectivity index (χ0) is 28.4. The lowest BCUT2D eigenvalue weighted by atomic mass is 10.0. The Balaban J connectivity index is 2.08. The maximum Gasteiger partial charge on any atom is 0.326 e. The monoisotopic (exact) mass is 531 g/mol. The van der Waals surface area contributed by atoms with Gasteiger partial charge in [0.05, 0.1) is 6.04 Å². The summed E-state index contributed by atoms with van der Waals surface area (Å²) in [7, 11) is 0. The Hall–Kier alpha value is -4.46. The number of hydrogen-bond acceptors (Lipinski definition) is 7. The van der Waals surface area contributed by atoms with Crippen molar-refractivity contribution in [1.29, 1.82) is 0 Å². The summed E-state index contributed by atoms with van der Waals surface area (Å²) in [5.74, 6) is -5.00. The highest BCUT2D eigenvalue weighted by Crippen LogP contribution is 2.19. The number of carbonyl (C=O) groups is 6. The molecule has 11 N–H and O–H groups in total. The van der Waals surface area contributed by atoms with Crippen molar-refractivity contribution in [3.63, 3.8) is 0 Å². The summed E-state index contributed by atoms with van der Waals surface area (Å²) in [4.78, 5) is 75.0. The fourth-order valence-corrected chi connectivity index (χ4v) is 3.66. The van der Waals surface area contributed by atoms with Gasteiger partial charge in [-0.25, -0.2) is 4.79 Å². The molecule has 0 bridgehead atoms. The number of nitrogens with two attached hydrogens (primary N) is 3. The molecule has 0 radical (unpaired) electrons. The van der Waals surface area contributed by atoms with Crippen LogP contribution in [0.25, 0.3) is 10.9 Å². The van der Waals surface area contributed by atoms with E-state index in [0.29, 0.717) is 5.56 Å². The third kappa shape index (κ3) is 8.89. The third-order valence-corrected chi connectivity index (χ3v) is 5.82. The molecule has 0 saturated heterocycles. The number of rotatable bonds is 15. The minimum absolute atomic E-state index is 0.0217. The number of carboxylic acids is 1. The second-order valence-corrected chi connectivity index (χ2v) is 8.87. The minimum atomic E-state index is -1.34. The van der Waals surface area contributed by atoms with Gasteiger partial charge in [-0.05, 0) is 31.4 Å². The number of carbonyl (C=O) groups excluding carboxylic acids is 5. The van der Waals surface area contributed by atoms with Gasteiger partial charge in [-0.2, -0.15) is 0 Å². The molecule has 2 rings (SSSR count). The van der Waals surface area contributed by atoms with Gasteiger partial charge in [-0.3, -0.25) is 24.0 Å². The van der Waals surface area contributed by atoms with Crippen LogP contribution in [0.3, 0.4) is 0 Å². The first-order chi connectivity index (χ1) is 17.9. The summed E-state index contributed by atoms with van der Waals surface area (Å²) in [5.41, 5.74) is 17.4. The SMILES string of the molecule is CC(NC(=O)C(N)CCC(N)=O)C(=O)NC(CCC(N)=O)C(=O)NC(Cc1c[nH]c2ccccc12)C(=O)O. The number of aliphatic carboxylic acids is 1. The molecule has 0 saturated carbocycles. The molecule has 206 valence electrons. The van der Waals surface area contributed by atoms with Crippen molar-refractivity contribution in [2.24, 2.45) is 17.2 Å². The van der Waals surface area contributed by atoms with Crippen molar-refractivity contribution in [1.82, 2.24) is 20.9 Å². The van der Waals surface area contributed by atoms with Crippen LogP contribution in [0, 0.1) is 0 Å². The van der Waals surface area contributed by atoms with E-state index in [9.17, 15) is 33.9 Å². The van der Waals surface area contributed by atoms with Crippen molar-refractivity contribution in [3.05, 3.63) is 36.0 Å². The van der Waals surface area contributed by atoms with Crippen LogP contribution in [0.2, 0.25) is 0 Å². The van der Waals surface area contributed by atoms with Crippen molar-refractivity contribution in [2.45, 2.75) is 63.2 Å². The second-order valence-electron chi connectivity index (χ2n) is 8.87. The number of amides is 5. The fraction of sp³-hybridized carbons (Fsp3) is 0.417. The van der Waals surface area contributed by atoms with E-state index in [2.05, 4.69) is 20.9 Å². The molecule has 1 aromatic carbocycles. The predicted molar refractivity (Wildman–Crippen MR) is 136 cm³/mol. The zero-order valence-electron chi connectivity index (χ0n) is 20.9. The Morgan fingerprint density at radius 1 is 0.868 bits per heavy atom. The van der Waals surface area contributed by atoms with Crippen LogP contribution in [0.1, 0.15) is 38.2 Å². The molecular formula is C24H33N7O7. The summed E-state index contributed by atoms with van der Waals surface area (Å²) in [6, 6.07) is 2.37. The first-order valence-corrected chi connectivity index (χ1v) is 11.9. The summed E-state index contributed by atoms with van der Waals surface area (Å²) >= 11 is 0. The van der Waals surface area contributed by atoms with Gasteiger partial charge in [-0.1, -0.05) is 18.2 Å². The third-order valence-electron chi connectivity index (χ3n) is 5.82. The number of aromatic nitrogens is 1. The lowest BCUT2D eigenvalue weighted by Crippen LogP contribution is -2.56. The Bertz CT molecular complexity index is 1200. The molecule has 2 aromatic rings. The molecule has 14 nitrogen and oxygen atoms in total. The topological polar surface area (TPSA) is 253 Å². The van der Waals surface area contributed by atoms with Crippen LogP contribution >= 0.6 is 0 Å². The summed E-state index contributed by atoms with van der Waals surface area (Å²) < 4.78 is 0. The number of fused-ring (bicyclic) bond motifs is 1. The standard InChI is InChI=1S/C24H33N7O7/c1-12(29-22(35)15(25)6-8-19(26)32)21(34)30-17(7-9-20(27)33)23(36)31-18(24(37)38)10-13-11-28-16-5-3-2-4-14(13)16/h2-5,11-12,15,17-18,28H,6-10,25H2,1H3,(H2,26,32)(H2,27,33)(H,29,35)(H,30,34)(H,31,36)(H,37,38). The largest absolute Gasteiger partial charge is 0.480 e. The molecular weight excluding hydrogens is 498 g/mol. The lowest BCUT2D eigenvalue weighted by Gasteiger charge is -2.23. The number of carboxylic acid groups (broad SMARTS) is 1. The molecule has 1 heterocycles. The summed E-state index contributed by atoms with van der Waals surface area (Å²) in [6.45, 7) is 1.34. The summed E-state index contributed by atoms with van der Waals surface area (Å²) in [5, 5.41) is 17.7. The maximum absolute atomic E-state index is 13.0. The van der Waals surface area contributed by atoms with Gasteiger partial charge in [0.2, 0.25) is 29.5 Å². The van der Waals surface area contributed by atoms with Crippen LogP contribution < -0.4 is 33.2 Å². The van der Waals surface area contributed by atoms with Gasteiger partial charge in [0, 0.05) is 36.4 Å². The second kappa shape index (κ2) is 13.7. The predicted octanol–water partition coefficient (Wildman–Crippen LogP) is -1.87. The van der Waals surface area contributed by atoms with E-state index in [1.54, 1.807) is 12.3 Å². The highest BCUT2D eigenvalue weighted by molar-refractivity contribution is 5.94. The zero-order valence-corrected chi connectivity index (χ0v) is 20.9. The van der Waals surface area contributed by atoms with Gasteiger partial charge in [0.15, 0.2) is 0 Å². The number of aromatic amines is 1. The van der Waals surface area contributed by atoms with Crippen LogP contribution in [0.15, 0.2) is 30.5 Å². The Labute approximate surface area is 218 Å². The van der Waals surface area contributed by atoms with Crippen molar-refractivity contribution in [3.8, 4) is 0 Å². The first kappa shape index (κ1) is 29.8. The molecule has 4 atom stereocenters. The highest BCUT2D eigenvalue weighted by Gasteiger charge is 2.29. The van der Waals surface area contributed by atoms with Gasteiger partial charge in [0.25, 0.3) is 0 Å². The molecule has 0 spiro atoms. The van der Waals surface area contributed by atoms with Gasteiger partial charge in [0.1, 0.15) is 18.1 Å². The van der Waals surface area contributed by atoms with E-state index in [0.717, 1.165) is 10.9 Å². The van der Waals surface area contributed by atoms with Crippen LogP contribution in [0.4, 0.5) is 0 Å². The van der Waals surface area contributed by atoms with Crippen LogP contribution in [0.5, 0.6) is 0 Å². The normalized spacial score (nSPS) is 14.1. The van der Waals surface area contributed by atoms with E-state index in [1.807, 2.05) is 18.2 Å². The molecule has 0 aliphatic carbocycles. The molecule has 5 amide bonds. The van der Waals surface area contributed by atoms with E-state index >= 15 is 0 Å².